The number of nitrogens with zero attached hydrogens (tertiary/aromatic N) is 2. The van der Waals surface area contributed by atoms with Gasteiger partial charge in [-0.15, -0.1) is 0 Å². The zero-order valence-corrected chi connectivity index (χ0v) is 11.2. The highest BCUT2D eigenvalue weighted by Crippen LogP contribution is 2.28. The second kappa shape index (κ2) is 6.87. The lowest BCUT2D eigenvalue weighted by Crippen LogP contribution is -2.17. The van der Waals surface area contributed by atoms with Gasteiger partial charge in [0.25, 0.3) is 0 Å². The lowest BCUT2D eigenvalue weighted by atomic mass is 10.1. The molecule has 5 nitrogen and oxygen atoms in total. The Bertz CT molecular complexity index is 471. The quantitative estimate of drug-likeness (QED) is 0.631. The summed E-state index contributed by atoms with van der Waals surface area (Å²) in [6.45, 7) is 1.97. The van der Waals surface area contributed by atoms with E-state index < -0.39 is 4.92 Å². The molecule has 0 aliphatic carbocycles. The van der Waals surface area contributed by atoms with E-state index in [1.165, 1.54) is 6.07 Å². The Morgan fingerprint density at radius 3 is 2.89 bits per heavy atom. The molecule has 1 N–H and O–H groups in total. The molecule has 0 aromatic heterocycles. The lowest BCUT2D eigenvalue weighted by Gasteiger charge is -2.14. The fraction of sp³-hybridized carbons (Fsp3) is 0.417. The molecule has 96 valence electrons. The van der Waals surface area contributed by atoms with Gasteiger partial charge in [0.15, 0.2) is 0 Å². The Morgan fingerprint density at radius 2 is 2.33 bits per heavy atom. The molecule has 0 amide bonds. The first-order valence-electron chi connectivity index (χ1n) is 5.53. The van der Waals surface area contributed by atoms with Crippen LogP contribution in [0.25, 0.3) is 0 Å². The second-order valence-corrected chi connectivity index (χ2v) is 4.88. The maximum absolute atomic E-state index is 11.0. The first kappa shape index (κ1) is 14.3. The van der Waals surface area contributed by atoms with Crippen molar-refractivity contribution in [3.05, 3.63) is 33.9 Å². The summed E-state index contributed by atoms with van der Waals surface area (Å²) in [5, 5.41) is 23.0. The SMILES string of the molecule is CSCCC(C)Nc1cccc(C#N)c1[N+](=O)[O-]. The van der Waals surface area contributed by atoms with Crippen LogP contribution in [-0.4, -0.2) is 23.0 Å². The standard InChI is InChI=1S/C12H15N3O2S/c1-9(6-7-18-2)14-11-5-3-4-10(8-13)12(11)15(16)17/h3-5,9,14H,6-7H2,1-2H3. The Balaban J connectivity index is 2.95. The Labute approximate surface area is 110 Å². The highest BCUT2D eigenvalue weighted by Gasteiger charge is 2.20. The summed E-state index contributed by atoms with van der Waals surface area (Å²) in [4.78, 5) is 10.5. The molecule has 1 rings (SSSR count). The summed E-state index contributed by atoms with van der Waals surface area (Å²) in [6.07, 6.45) is 2.93. The highest BCUT2D eigenvalue weighted by molar-refractivity contribution is 7.98. The number of benzene rings is 1. The first-order chi connectivity index (χ1) is 8.60. The van der Waals surface area contributed by atoms with E-state index in [1.807, 2.05) is 19.2 Å². The molecule has 0 saturated carbocycles. The van der Waals surface area contributed by atoms with Crippen LogP contribution in [0.1, 0.15) is 18.9 Å². The Hall–Kier alpha value is -1.74. The summed E-state index contributed by atoms with van der Waals surface area (Å²) >= 11 is 1.73. The number of nitriles is 1. The number of para-hydroxylation sites is 1. The van der Waals surface area contributed by atoms with E-state index in [0.717, 1.165) is 12.2 Å². The minimum absolute atomic E-state index is 0.0852. The first-order valence-corrected chi connectivity index (χ1v) is 6.92. The molecular formula is C12H15N3O2S. The van der Waals surface area contributed by atoms with Gasteiger partial charge in [0, 0.05) is 6.04 Å². The molecule has 0 saturated heterocycles. The predicted molar refractivity (Wildman–Crippen MR) is 73.9 cm³/mol. The van der Waals surface area contributed by atoms with Gasteiger partial charge in [-0.2, -0.15) is 17.0 Å². The largest absolute Gasteiger partial charge is 0.377 e. The summed E-state index contributed by atoms with van der Waals surface area (Å²) in [6, 6.07) is 6.71. The predicted octanol–water partition coefficient (Wildman–Crippen LogP) is 3.02. The molecule has 1 unspecified atom stereocenters. The molecule has 1 aromatic carbocycles. The number of nitro groups is 1. The van der Waals surface area contributed by atoms with Gasteiger partial charge < -0.3 is 5.32 Å². The van der Waals surface area contributed by atoms with Crippen molar-refractivity contribution in [2.45, 2.75) is 19.4 Å². The third-order valence-corrected chi connectivity index (χ3v) is 3.14. The summed E-state index contributed by atoms with van der Waals surface area (Å²) in [5.41, 5.74) is 0.353. The summed E-state index contributed by atoms with van der Waals surface area (Å²) < 4.78 is 0. The molecule has 1 aromatic rings. The minimum atomic E-state index is -0.512. The molecule has 0 spiro atoms. The van der Waals surface area contributed by atoms with Crippen molar-refractivity contribution in [2.75, 3.05) is 17.3 Å². The van der Waals surface area contributed by atoms with Crippen LogP contribution in [-0.2, 0) is 0 Å². The number of nitro benzene ring substituents is 1. The molecule has 0 radical (unpaired) electrons. The summed E-state index contributed by atoms with van der Waals surface area (Å²) in [5.74, 6) is 0.986. The van der Waals surface area contributed by atoms with E-state index in [-0.39, 0.29) is 17.3 Å². The number of nitrogens with one attached hydrogen (secondary N) is 1. The van der Waals surface area contributed by atoms with E-state index >= 15 is 0 Å². The molecule has 0 aliphatic rings. The number of rotatable bonds is 6. The van der Waals surface area contributed by atoms with Crippen LogP contribution in [0.3, 0.4) is 0 Å². The smallest absolute Gasteiger partial charge is 0.309 e. The fourth-order valence-corrected chi connectivity index (χ4v) is 2.17. The van der Waals surface area contributed by atoms with Crippen LogP contribution in [0.2, 0.25) is 0 Å². The third-order valence-electron chi connectivity index (χ3n) is 2.50. The monoisotopic (exact) mass is 265 g/mol. The van der Waals surface area contributed by atoms with E-state index in [2.05, 4.69) is 5.32 Å². The maximum Gasteiger partial charge on any atom is 0.309 e. The molecule has 0 aliphatic heterocycles. The van der Waals surface area contributed by atoms with Crippen molar-refractivity contribution in [3.63, 3.8) is 0 Å². The van der Waals surface area contributed by atoms with E-state index in [0.29, 0.717) is 5.69 Å². The summed E-state index contributed by atoms with van der Waals surface area (Å²) in [7, 11) is 0. The molecule has 1 atom stereocenters. The van der Waals surface area contributed by atoms with E-state index in [9.17, 15) is 10.1 Å². The zero-order chi connectivity index (χ0) is 13.5. The van der Waals surface area contributed by atoms with Gasteiger partial charge in [-0.25, -0.2) is 0 Å². The fourth-order valence-electron chi connectivity index (χ4n) is 1.58. The van der Waals surface area contributed by atoms with Gasteiger partial charge in [-0.1, -0.05) is 6.07 Å². The average molecular weight is 265 g/mol. The van der Waals surface area contributed by atoms with Crippen molar-refractivity contribution < 1.29 is 4.92 Å². The van der Waals surface area contributed by atoms with Crippen molar-refractivity contribution in [1.82, 2.24) is 0 Å². The molecule has 0 heterocycles. The highest BCUT2D eigenvalue weighted by atomic mass is 32.2. The van der Waals surface area contributed by atoms with Gasteiger partial charge >= 0.3 is 5.69 Å². The van der Waals surface area contributed by atoms with Crippen LogP contribution in [0, 0.1) is 21.4 Å². The number of thioether (sulfide) groups is 1. The van der Waals surface area contributed by atoms with E-state index in [1.54, 1.807) is 23.9 Å². The average Bonchev–Trinajstić information content (AvgIpc) is 2.35. The van der Waals surface area contributed by atoms with Crippen molar-refractivity contribution in [3.8, 4) is 6.07 Å². The molecule has 18 heavy (non-hydrogen) atoms. The number of anilines is 1. The lowest BCUT2D eigenvalue weighted by molar-refractivity contribution is -0.384. The van der Waals surface area contributed by atoms with Crippen molar-refractivity contribution in [2.24, 2.45) is 0 Å². The molecular weight excluding hydrogens is 250 g/mol. The van der Waals surface area contributed by atoms with Crippen LogP contribution in [0.5, 0.6) is 0 Å². The van der Waals surface area contributed by atoms with Crippen LogP contribution >= 0.6 is 11.8 Å². The minimum Gasteiger partial charge on any atom is -0.377 e. The third kappa shape index (κ3) is 3.64. The zero-order valence-electron chi connectivity index (χ0n) is 10.3. The molecule has 6 heteroatoms. The van der Waals surface area contributed by atoms with Gasteiger partial charge in [0.05, 0.1) is 4.92 Å². The van der Waals surface area contributed by atoms with Gasteiger partial charge in [-0.3, -0.25) is 10.1 Å². The van der Waals surface area contributed by atoms with Crippen molar-refractivity contribution >= 4 is 23.1 Å². The maximum atomic E-state index is 11.0. The van der Waals surface area contributed by atoms with Crippen LogP contribution < -0.4 is 5.32 Å². The molecule has 0 bridgehead atoms. The van der Waals surface area contributed by atoms with Crippen molar-refractivity contribution in [1.29, 1.82) is 5.26 Å². The van der Waals surface area contributed by atoms with Gasteiger partial charge in [-0.05, 0) is 37.5 Å². The second-order valence-electron chi connectivity index (χ2n) is 3.90. The number of hydrogen-bond acceptors (Lipinski definition) is 5. The topological polar surface area (TPSA) is 79.0 Å². The normalized spacial score (nSPS) is 11.6. The molecule has 0 fully saturated rings. The Kier molecular flexibility index (Phi) is 5.46. The number of hydrogen-bond donors (Lipinski definition) is 1. The van der Waals surface area contributed by atoms with Gasteiger partial charge in [0.1, 0.15) is 17.3 Å². The van der Waals surface area contributed by atoms with E-state index in [4.69, 9.17) is 5.26 Å². The Morgan fingerprint density at radius 1 is 1.61 bits per heavy atom. The van der Waals surface area contributed by atoms with Crippen LogP contribution in [0.4, 0.5) is 11.4 Å². The van der Waals surface area contributed by atoms with Gasteiger partial charge in [0.2, 0.25) is 0 Å². The van der Waals surface area contributed by atoms with Crippen LogP contribution in [0.15, 0.2) is 18.2 Å².